The van der Waals surface area contributed by atoms with E-state index in [1.807, 2.05) is 0 Å². The van der Waals surface area contributed by atoms with Gasteiger partial charge in [0.15, 0.2) is 11.3 Å². The van der Waals surface area contributed by atoms with Crippen molar-refractivity contribution >= 4 is 40.4 Å². The fourth-order valence-electron chi connectivity index (χ4n) is 3.45. The van der Waals surface area contributed by atoms with E-state index in [4.69, 9.17) is 23.2 Å². The molecule has 0 saturated heterocycles. The first kappa shape index (κ1) is 21.7. The van der Waals surface area contributed by atoms with Gasteiger partial charge in [0.05, 0.1) is 18.4 Å². The average molecular weight is 495 g/mol. The normalized spacial score (nSPS) is 14.1. The van der Waals surface area contributed by atoms with Crippen LogP contribution in [-0.2, 0) is 12.7 Å². The average Bonchev–Trinajstić information content (AvgIpc) is 3.36. The van der Waals surface area contributed by atoms with E-state index in [9.17, 15) is 18.0 Å². The molecular weight excluding hydrogens is 480 g/mol. The van der Waals surface area contributed by atoms with Crippen LogP contribution in [0, 0.1) is 0 Å². The van der Waals surface area contributed by atoms with Crippen molar-refractivity contribution in [2.24, 2.45) is 0 Å². The molecule has 4 aromatic rings. The Kier molecular flexibility index (Phi) is 5.29. The summed E-state index contributed by atoms with van der Waals surface area (Å²) in [4.78, 5) is 16.9. The molecule has 1 fully saturated rings. The number of carbonyl (C=O) groups excluding carboxylic acids is 1. The lowest BCUT2D eigenvalue weighted by Crippen LogP contribution is -2.16. The number of alkyl halides is 3. The van der Waals surface area contributed by atoms with E-state index >= 15 is 0 Å². The maximum atomic E-state index is 13.6. The van der Waals surface area contributed by atoms with Gasteiger partial charge in [0.25, 0.3) is 5.91 Å². The Labute approximate surface area is 195 Å². The second-order valence-electron chi connectivity index (χ2n) is 7.72. The van der Waals surface area contributed by atoms with E-state index in [0.29, 0.717) is 31.5 Å². The van der Waals surface area contributed by atoms with Gasteiger partial charge in [-0.05, 0) is 31.0 Å². The number of benzene rings is 1. The maximum Gasteiger partial charge on any atom is 0.433 e. The maximum absolute atomic E-state index is 13.6. The molecule has 7 nitrogen and oxygen atoms in total. The summed E-state index contributed by atoms with van der Waals surface area (Å²) < 4.78 is 42.9. The zero-order valence-corrected chi connectivity index (χ0v) is 18.3. The first-order chi connectivity index (χ1) is 15.7. The minimum Gasteiger partial charge on any atom is -0.318 e. The van der Waals surface area contributed by atoms with Crippen molar-refractivity contribution in [3.63, 3.8) is 0 Å². The molecule has 12 heteroatoms. The molecule has 170 valence electrons. The molecule has 1 aliphatic rings. The first-order valence-electron chi connectivity index (χ1n) is 9.93. The molecule has 3 aromatic heterocycles. The summed E-state index contributed by atoms with van der Waals surface area (Å²) in [6, 6.07) is 7.38. The number of nitrogens with one attached hydrogen (secondary N) is 1. The van der Waals surface area contributed by atoms with Gasteiger partial charge in [0.1, 0.15) is 5.69 Å². The third-order valence-electron chi connectivity index (χ3n) is 5.24. The molecule has 0 aliphatic heterocycles. The molecular formula is C21H15Cl2F3N6O. The van der Waals surface area contributed by atoms with Crippen LogP contribution in [0.15, 0.2) is 42.7 Å². The van der Waals surface area contributed by atoms with Crippen LogP contribution in [-0.4, -0.2) is 30.3 Å². The van der Waals surface area contributed by atoms with Crippen LogP contribution in [0.3, 0.4) is 0 Å². The molecule has 0 bridgehead atoms. The Hall–Kier alpha value is -3.11. The van der Waals surface area contributed by atoms with Gasteiger partial charge in [-0.1, -0.05) is 29.3 Å². The number of anilines is 1. The van der Waals surface area contributed by atoms with Gasteiger partial charge >= 0.3 is 6.18 Å². The van der Waals surface area contributed by atoms with Crippen molar-refractivity contribution in [2.45, 2.75) is 31.5 Å². The molecule has 0 unspecified atom stereocenters. The van der Waals surface area contributed by atoms with Crippen molar-refractivity contribution in [1.29, 1.82) is 0 Å². The summed E-state index contributed by atoms with van der Waals surface area (Å²) in [6.07, 6.45) is -0.0800. The standard InChI is InChI=1S/C21H15Cl2F3N6O/c22-14-2-1-3-15(23)13(14)10-31-9-12(8-27-31)28-20(33)17-7-19-29-16(11-4-5-11)6-18(21(24,25)26)32(19)30-17/h1-3,6-9,11H,4-5,10H2,(H,28,33). The predicted octanol–water partition coefficient (Wildman–Crippen LogP) is 5.43. The lowest BCUT2D eigenvalue weighted by atomic mass is 10.2. The summed E-state index contributed by atoms with van der Waals surface area (Å²) in [5.41, 5.74) is 0.185. The quantitative estimate of drug-likeness (QED) is 0.401. The number of halogens is 5. The second-order valence-corrected chi connectivity index (χ2v) is 8.53. The van der Waals surface area contributed by atoms with Crippen molar-refractivity contribution in [1.82, 2.24) is 24.4 Å². The predicted molar refractivity (Wildman–Crippen MR) is 116 cm³/mol. The minimum absolute atomic E-state index is 0.0146. The molecule has 5 rings (SSSR count). The van der Waals surface area contributed by atoms with Crippen molar-refractivity contribution in [3.05, 3.63) is 75.4 Å². The van der Waals surface area contributed by atoms with Crippen LogP contribution >= 0.6 is 23.2 Å². The van der Waals surface area contributed by atoms with E-state index in [0.717, 1.165) is 18.9 Å². The number of nitrogens with zero attached hydrogens (tertiary/aromatic N) is 5. The Morgan fingerprint density at radius 3 is 2.58 bits per heavy atom. The van der Waals surface area contributed by atoms with Crippen molar-refractivity contribution in [3.8, 4) is 0 Å². The minimum atomic E-state index is -4.63. The SMILES string of the molecule is O=C(Nc1cnn(Cc2c(Cl)cccc2Cl)c1)c1cc2nc(C3CC3)cc(C(F)(F)F)n2n1. The highest BCUT2D eigenvalue weighted by molar-refractivity contribution is 6.35. The lowest BCUT2D eigenvalue weighted by Gasteiger charge is -2.10. The van der Waals surface area contributed by atoms with Gasteiger partial charge in [-0.3, -0.25) is 9.48 Å². The smallest absolute Gasteiger partial charge is 0.318 e. The molecule has 1 aliphatic carbocycles. The fraction of sp³-hybridized carbons (Fsp3) is 0.238. The highest BCUT2D eigenvalue weighted by atomic mass is 35.5. The molecule has 1 saturated carbocycles. The van der Waals surface area contributed by atoms with Crippen LogP contribution in [0.5, 0.6) is 0 Å². The molecule has 1 amide bonds. The summed E-state index contributed by atoms with van der Waals surface area (Å²) in [6.45, 7) is 0.269. The van der Waals surface area contributed by atoms with Crippen molar-refractivity contribution < 1.29 is 18.0 Å². The number of amides is 1. The number of hydrogen-bond donors (Lipinski definition) is 1. The third-order valence-corrected chi connectivity index (χ3v) is 5.95. The van der Waals surface area contributed by atoms with Crippen LogP contribution in [0.25, 0.3) is 5.65 Å². The molecule has 0 atom stereocenters. The van der Waals surface area contributed by atoms with Crippen molar-refractivity contribution in [2.75, 3.05) is 5.32 Å². The van der Waals surface area contributed by atoms with E-state index in [-0.39, 0.29) is 23.8 Å². The third kappa shape index (κ3) is 4.40. The molecule has 1 N–H and O–H groups in total. The van der Waals surface area contributed by atoms with E-state index in [1.54, 1.807) is 24.4 Å². The zero-order valence-electron chi connectivity index (χ0n) is 16.8. The lowest BCUT2D eigenvalue weighted by molar-refractivity contribution is -0.142. The first-order valence-corrected chi connectivity index (χ1v) is 10.7. The number of fused-ring (bicyclic) bond motifs is 1. The Balaban J connectivity index is 1.39. The van der Waals surface area contributed by atoms with E-state index < -0.39 is 17.8 Å². The number of aromatic nitrogens is 5. The van der Waals surface area contributed by atoms with Gasteiger partial charge in [-0.2, -0.15) is 23.4 Å². The van der Waals surface area contributed by atoms with Crippen LogP contribution in [0.2, 0.25) is 10.0 Å². The van der Waals surface area contributed by atoms with Crippen LogP contribution in [0.4, 0.5) is 18.9 Å². The molecule has 0 spiro atoms. The topological polar surface area (TPSA) is 77.1 Å². The zero-order chi connectivity index (χ0) is 23.3. The summed E-state index contributed by atoms with van der Waals surface area (Å²) in [5.74, 6) is -0.669. The monoisotopic (exact) mass is 494 g/mol. The summed E-state index contributed by atoms with van der Waals surface area (Å²) in [7, 11) is 0. The number of hydrogen-bond acceptors (Lipinski definition) is 4. The summed E-state index contributed by atoms with van der Waals surface area (Å²) >= 11 is 12.4. The Morgan fingerprint density at radius 1 is 1.18 bits per heavy atom. The van der Waals surface area contributed by atoms with E-state index in [2.05, 4.69) is 20.5 Å². The molecule has 3 heterocycles. The number of rotatable bonds is 5. The Morgan fingerprint density at radius 2 is 1.91 bits per heavy atom. The van der Waals surface area contributed by atoms with E-state index in [1.165, 1.54) is 16.9 Å². The van der Waals surface area contributed by atoms with Crippen LogP contribution < -0.4 is 5.32 Å². The van der Waals surface area contributed by atoms with Crippen LogP contribution in [0.1, 0.15) is 46.2 Å². The van der Waals surface area contributed by atoms with Gasteiger partial charge in [-0.15, -0.1) is 0 Å². The molecule has 0 radical (unpaired) electrons. The van der Waals surface area contributed by atoms with Gasteiger partial charge in [0, 0.05) is 39.5 Å². The second kappa shape index (κ2) is 8.03. The van der Waals surface area contributed by atoms with Gasteiger partial charge < -0.3 is 5.32 Å². The number of carbonyl (C=O) groups is 1. The largest absolute Gasteiger partial charge is 0.433 e. The molecule has 1 aromatic carbocycles. The highest BCUT2D eigenvalue weighted by Gasteiger charge is 2.37. The Bertz CT molecular complexity index is 1360. The van der Waals surface area contributed by atoms with Gasteiger partial charge in [-0.25, -0.2) is 9.50 Å². The molecule has 33 heavy (non-hydrogen) atoms. The van der Waals surface area contributed by atoms with Gasteiger partial charge in [0.2, 0.25) is 0 Å². The summed E-state index contributed by atoms with van der Waals surface area (Å²) in [5, 5.41) is 11.6. The highest BCUT2D eigenvalue weighted by Crippen LogP contribution is 2.41. The fourth-order valence-corrected chi connectivity index (χ4v) is 3.97.